The molecule has 2 N–H and O–H groups in total. The van der Waals surface area contributed by atoms with Gasteiger partial charge in [0.2, 0.25) is 0 Å². The molecule has 0 bridgehead atoms. The van der Waals surface area contributed by atoms with Crippen molar-refractivity contribution in [3.8, 4) is 0 Å². The molecule has 1 aliphatic heterocycles. The zero-order chi connectivity index (χ0) is 17.8. The van der Waals surface area contributed by atoms with Gasteiger partial charge in [0.05, 0.1) is 34.0 Å². The fraction of sp³-hybridized carbons (Fsp3) is 0.412. The van der Waals surface area contributed by atoms with E-state index < -0.39 is 0 Å². The molecular weight excluding hydrogens is 381 g/mol. The average Bonchev–Trinajstić information content (AvgIpc) is 2.89. The van der Waals surface area contributed by atoms with Gasteiger partial charge in [0, 0.05) is 25.6 Å². The number of benzene rings is 1. The Balaban J connectivity index is 1.73. The number of hydrogen-bond acceptors (Lipinski definition) is 5. The first-order valence-corrected chi connectivity index (χ1v) is 9.65. The minimum Gasteiger partial charge on any atom is -0.372 e. The lowest BCUT2D eigenvalue weighted by atomic mass is 9.95. The van der Waals surface area contributed by atoms with Gasteiger partial charge in [0.1, 0.15) is 4.88 Å². The van der Waals surface area contributed by atoms with Crippen LogP contribution in [0.25, 0.3) is 0 Å². The van der Waals surface area contributed by atoms with Crippen LogP contribution >= 0.6 is 34.5 Å². The maximum absolute atomic E-state index is 12.4. The fourth-order valence-corrected chi connectivity index (χ4v) is 3.87. The van der Waals surface area contributed by atoms with Crippen molar-refractivity contribution in [2.24, 2.45) is 5.92 Å². The highest BCUT2D eigenvalue weighted by Gasteiger charge is 2.27. The SMILES string of the molecule is Cc1ncsc1C(=O)NCC1CNCCOC1c1ccc(Cl)c(Cl)c1. The Morgan fingerprint density at radius 2 is 2.28 bits per heavy atom. The van der Waals surface area contributed by atoms with Gasteiger partial charge in [0.25, 0.3) is 5.91 Å². The van der Waals surface area contributed by atoms with E-state index in [0.29, 0.717) is 28.1 Å². The molecule has 1 saturated heterocycles. The number of hydrogen-bond donors (Lipinski definition) is 2. The van der Waals surface area contributed by atoms with Crippen LogP contribution in [0.3, 0.4) is 0 Å². The van der Waals surface area contributed by atoms with E-state index in [-0.39, 0.29) is 17.9 Å². The number of thiazole rings is 1. The Labute approximate surface area is 160 Å². The van der Waals surface area contributed by atoms with E-state index in [2.05, 4.69) is 15.6 Å². The monoisotopic (exact) mass is 399 g/mol. The van der Waals surface area contributed by atoms with Crippen LogP contribution in [0, 0.1) is 12.8 Å². The van der Waals surface area contributed by atoms with Gasteiger partial charge in [-0.05, 0) is 24.6 Å². The highest BCUT2D eigenvalue weighted by atomic mass is 35.5. The summed E-state index contributed by atoms with van der Waals surface area (Å²) in [7, 11) is 0. The van der Waals surface area contributed by atoms with Gasteiger partial charge in [-0.2, -0.15) is 0 Å². The minimum atomic E-state index is -0.160. The molecule has 1 aromatic carbocycles. The Hall–Kier alpha value is -1.18. The second kappa shape index (κ2) is 8.47. The van der Waals surface area contributed by atoms with Gasteiger partial charge < -0.3 is 15.4 Å². The Bertz CT molecular complexity index is 753. The summed E-state index contributed by atoms with van der Waals surface area (Å²) in [6.07, 6.45) is -0.160. The Kier molecular flexibility index (Phi) is 6.30. The van der Waals surface area contributed by atoms with E-state index in [4.69, 9.17) is 27.9 Å². The first kappa shape index (κ1) is 18.6. The van der Waals surface area contributed by atoms with Crippen LogP contribution in [-0.4, -0.2) is 37.1 Å². The maximum atomic E-state index is 12.4. The molecule has 0 aliphatic carbocycles. The molecule has 8 heteroatoms. The zero-order valence-electron chi connectivity index (χ0n) is 13.7. The van der Waals surface area contributed by atoms with Crippen LogP contribution in [0.4, 0.5) is 0 Å². The molecule has 2 aromatic rings. The van der Waals surface area contributed by atoms with E-state index in [1.165, 1.54) is 11.3 Å². The zero-order valence-corrected chi connectivity index (χ0v) is 16.0. The number of carbonyl (C=O) groups is 1. The van der Waals surface area contributed by atoms with Crippen LogP contribution in [0.15, 0.2) is 23.7 Å². The lowest BCUT2D eigenvalue weighted by Crippen LogP contribution is -2.36. The lowest BCUT2D eigenvalue weighted by molar-refractivity contribution is 0.0306. The molecule has 2 atom stereocenters. The quantitative estimate of drug-likeness (QED) is 0.825. The number of rotatable bonds is 4. The molecule has 1 fully saturated rings. The molecule has 3 rings (SSSR count). The number of carbonyl (C=O) groups excluding carboxylic acids is 1. The number of halogens is 2. The topological polar surface area (TPSA) is 63.2 Å². The molecular formula is C17H19Cl2N3O2S. The summed E-state index contributed by atoms with van der Waals surface area (Å²) >= 11 is 13.5. The summed E-state index contributed by atoms with van der Waals surface area (Å²) in [5, 5.41) is 7.37. The van der Waals surface area contributed by atoms with Crippen molar-refractivity contribution in [2.45, 2.75) is 13.0 Å². The molecule has 1 aromatic heterocycles. The van der Waals surface area contributed by atoms with Crippen LogP contribution in [-0.2, 0) is 4.74 Å². The van der Waals surface area contributed by atoms with Gasteiger partial charge in [-0.1, -0.05) is 29.3 Å². The first-order chi connectivity index (χ1) is 12.1. The summed E-state index contributed by atoms with van der Waals surface area (Å²) in [5.41, 5.74) is 3.39. The molecule has 5 nitrogen and oxygen atoms in total. The van der Waals surface area contributed by atoms with Crippen molar-refractivity contribution in [2.75, 3.05) is 26.2 Å². The van der Waals surface area contributed by atoms with Crippen molar-refractivity contribution < 1.29 is 9.53 Å². The first-order valence-electron chi connectivity index (χ1n) is 8.02. The minimum absolute atomic E-state index is 0.0805. The molecule has 134 valence electrons. The maximum Gasteiger partial charge on any atom is 0.263 e. The second-order valence-corrected chi connectivity index (χ2v) is 7.58. The van der Waals surface area contributed by atoms with Crippen LogP contribution in [0.2, 0.25) is 10.0 Å². The standard InChI is InChI=1S/C17H19Cl2N3O2S/c1-10-16(25-9-22-10)17(23)21-8-12-7-20-4-5-24-15(12)11-2-3-13(18)14(19)6-11/h2-3,6,9,12,15,20H,4-5,7-8H2,1H3,(H,21,23). The van der Waals surface area contributed by atoms with Gasteiger partial charge >= 0.3 is 0 Å². The third kappa shape index (κ3) is 4.51. The third-order valence-corrected chi connectivity index (χ3v) is 5.83. The van der Waals surface area contributed by atoms with Crippen molar-refractivity contribution in [3.63, 3.8) is 0 Å². The van der Waals surface area contributed by atoms with E-state index in [1.54, 1.807) is 11.6 Å². The normalized spacial score (nSPS) is 20.9. The highest BCUT2D eigenvalue weighted by molar-refractivity contribution is 7.11. The Morgan fingerprint density at radius 3 is 3.00 bits per heavy atom. The van der Waals surface area contributed by atoms with Crippen LogP contribution in [0.5, 0.6) is 0 Å². The van der Waals surface area contributed by atoms with E-state index >= 15 is 0 Å². The molecule has 2 heterocycles. The summed E-state index contributed by atoms with van der Waals surface area (Å²) in [6, 6.07) is 5.53. The molecule has 0 spiro atoms. The summed E-state index contributed by atoms with van der Waals surface area (Å²) in [5.74, 6) is -0.0194. The third-order valence-electron chi connectivity index (χ3n) is 4.16. The summed E-state index contributed by atoms with van der Waals surface area (Å²) in [6.45, 7) is 4.45. The Morgan fingerprint density at radius 1 is 1.44 bits per heavy atom. The smallest absolute Gasteiger partial charge is 0.263 e. The number of ether oxygens (including phenoxy) is 1. The van der Waals surface area contributed by atoms with E-state index in [1.807, 2.05) is 19.1 Å². The van der Waals surface area contributed by atoms with Crippen LogP contribution < -0.4 is 10.6 Å². The number of aromatic nitrogens is 1. The molecule has 2 unspecified atom stereocenters. The molecule has 0 saturated carbocycles. The van der Waals surface area contributed by atoms with E-state index in [0.717, 1.165) is 24.3 Å². The second-order valence-electron chi connectivity index (χ2n) is 5.91. The van der Waals surface area contributed by atoms with Crippen molar-refractivity contribution in [1.82, 2.24) is 15.6 Å². The molecule has 0 radical (unpaired) electrons. The van der Waals surface area contributed by atoms with Gasteiger partial charge in [-0.3, -0.25) is 4.79 Å². The number of aryl methyl sites for hydroxylation is 1. The molecule has 1 amide bonds. The highest BCUT2D eigenvalue weighted by Crippen LogP contribution is 2.32. The van der Waals surface area contributed by atoms with Crippen LogP contribution in [0.1, 0.15) is 27.0 Å². The number of amides is 1. The van der Waals surface area contributed by atoms with Gasteiger partial charge in [-0.25, -0.2) is 4.98 Å². The summed E-state index contributed by atoms with van der Waals surface area (Å²) < 4.78 is 6.02. The predicted molar refractivity (Wildman–Crippen MR) is 101 cm³/mol. The predicted octanol–water partition coefficient (Wildman–Crippen LogP) is 3.47. The number of nitrogens with zero attached hydrogens (tertiary/aromatic N) is 1. The van der Waals surface area contributed by atoms with Crippen molar-refractivity contribution in [1.29, 1.82) is 0 Å². The van der Waals surface area contributed by atoms with E-state index in [9.17, 15) is 4.79 Å². The van der Waals surface area contributed by atoms with Crippen molar-refractivity contribution >= 4 is 40.4 Å². The fourth-order valence-electron chi connectivity index (χ4n) is 2.85. The molecule has 1 aliphatic rings. The van der Waals surface area contributed by atoms with Crippen molar-refractivity contribution in [3.05, 3.63) is 49.9 Å². The lowest BCUT2D eigenvalue weighted by Gasteiger charge is -2.25. The van der Waals surface area contributed by atoms with Gasteiger partial charge in [0.15, 0.2) is 0 Å². The largest absolute Gasteiger partial charge is 0.372 e. The molecule has 25 heavy (non-hydrogen) atoms. The number of nitrogens with one attached hydrogen (secondary N) is 2. The summed E-state index contributed by atoms with van der Waals surface area (Å²) in [4.78, 5) is 17.1. The van der Waals surface area contributed by atoms with Gasteiger partial charge in [-0.15, -0.1) is 11.3 Å². The average molecular weight is 400 g/mol.